The predicted octanol–water partition coefficient (Wildman–Crippen LogP) is 5.79. The minimum absolute atomic E-state index is 1.01. The van der Waals surface area contributed by atoms with Crippen LogP contribution in [0.15, 0.2) is 79.3 Å². The summed E-state index contributed by atoms with van der Waals surface area (Å²) in [5.74, 6) is 0. The van der Waals surface area contributed by atoms with Gasteiger partial charge in [0.2, 0.25) is 0 Å². The maximum absolute atomic E-state index is 4.76. The quantitative estimate of drug-likeness (QED) is 0.366. The van der Waals surface area contributed by atoms with Crippen LogP contribution in [-0.4, -0.2) is 18.9 Å². The Hall–Kier alpha value is -3.92. The van der Waals surface area contributed by atoms with E-state index in [2.05, 4.69) is 81.7 Å². The van der Waals surface area contributed by atoms with Crippen molar-refractivity contribution in [1.29, 1.82) is 0 Å². The first kappa shape index (κ1) is 15.1. The van der Waals surface area contributed by atoms with Gasteiger partial charge in [0.25, 0.3) is 0 Å². The van der Waals surface area contributed by atoms with Crippen molar-refractivity contribution in [3.05, 3.63) is 79.3 Å². The molecule has 0 N–H and O–H groups in total. The van der Waals surface area contributed by atoms with Crippen molar-refractivity contribution >= 4 is 49.0 Å². The standard InChI is InChI=1S/C25H16N4/c1-28-22(23-16-7-3-2-6-15(16)10-11-27-23)12-18-20-14-26-13-19-17-8-4-5-9-21(17)29(24(19)20)25(18)28/h2-14H,1H3. The van der Waals surface area contributed by atoms with E-state index in [0.29, 0.717) is 0 Å². The Balaban J connectivity index is 1.70. The van der Waals surface area contributed by atoms with E-state index in [9.17, 15) is 0 Å². The fourth-order valence-electron chi connectivity index (χ4n) is 4.94. The van der Waals surface area contributed by atoms with Crippen LogP contribution in [0.5, 0.6) is 0 Å². The van der Waals surface area contributed by atoms with Gasteiger partial charge in [-0.3, -0.25) is 14.4 Å². The van der Waals surface area contributed by atoms with Crippen LogP contribution in [0.25, 0.3) is 60.4 Å². The largest absolute Gasteiger partial charge is 0.328 e. The number of pyridine rings is 2. The molecule has 0 fully saturated rings. The predicted molar refractivity (Wildman–Crippen MR) is 119 cm³/mol. The number of nitrogens with zero attached hydrogens (tertiary/aromatic N) is 4. The van der Waals surface area contributed by atoms with Gasteiger partial charge in [-0.05, 0) is 23.6 Å². The molecule has 2 aromatic carbocycles. The van der Waals surface area contributed by atoms with E-state index < -0.39 is 0 Å². The van der Waals surface area contributed by atoms with Crippen LogP contribution < -0.4 is 0 Å². The number of para-hydroxylation sites is 1. The molecule has 0 amide bonds. The highest BCUT2D eigenvalue weighted by atomic mass is 15.1. The van der Waals surface area contributed by atoms with E-state index in [-0.39, 0.29) is 0 Å². The molecule has 0 unspecified atom stereocenters. The van der Waals surface area contributed by atoms with E-state index in [1.54, 1.807) is 0 Å². The molecule has 0 atom stereocenters. The summed E-state index contributed by atoms with van der Waals surface area (Å²) in [4.78, 5) is 9.32. The zero-order valence-corrected chi connectivity index (χ0v) is 15.8. The van der Waals surface area contributed by atoms with Crippen LogP contribution in [-0.2, 0) is 7.05 Å². The van der Waals surface area contributed by atoms with Crippen LogP contribution in [0.3, 0.4) is 0 Å². The third kappa shape index (κ3) is 1.74. The number of aryl methyl sites for hydroxylation is 1. The summed E-state index contributed by atoms with van der Waals surface area (Å²) in [5.41, 5.74) is 5.78. The Bertz CT molecular complexity index is 1710. The Labute approximate surface area is 166 Å². The molecular formula is C25H16N4. The molecule has 7 aromatic rings. The van der Waals surface area contributed by atoms with E-state index in [1.807, 2.05) is 18.6 Å². The lowest BCUT2D eigenvalue weighted by atomic mass is 10.1. The second kappa shape index (κ2) is 5.11. The first-order valence-electron chi connectivity index (χ1n) is 9.74. The van der Waals surface area contributed by atoms with Crippen molar-refractivity contribution < 1.29 is 0 Å². The lowest BCUT2D eigenvalue weighted by molar-refractivity contribution is 0.948. The topological polar surface area (TPSA) is 35.1 Å². The number of hydrogen-bond donors (Lipinski definition) is 0. The smallest absolute Gasteiger partial charge is 0.126 e. The van der Waals surface area contributed by atoms with Gasteiger partial charge in [-0.25, -0.2) is 0 Å². The molecule has 5 aromatic heterocycles. The molecule has 0 aliphatic heterocycles. The molecule has 4 heteroatoms. The second-order valence-electron chi connectivity index (χ2n) is 7.64. The summed E-state index contributed by atoms with van der Waals surface area (Å²) < 4.78 is 4.65. The molecule has 136 valence electrons. The first-order valence-corrected chi connectivity index (χ1v) is 9.74. The molecule has 4 nitrogen and oxygen atoms in total. The van der Waals surface area contributed by atoms with Crippen LogP contribution >= 0.6 is 0 Å². The van der Waals surface area contributed by atoms with Crippen LogP contribution in [0.2, 0.25) is 0 Å². The van der Waals surface area contributed by atoms with Gasteiger partial charge in [0.1, 0.15) is 5.65 Å². The maximum atomic E-state index is 4.76. The summed E-state index contributed by atoms with van der Waals surface area (Å²) in [6.07, 6.45) is 5.87. The number of aromatic nitrogens is 4. The molecule has 0 saturated carbocycles. The van der Waals surface area contributed by atoms with E-state index >= 15 is 0 Å². The van der Waals surface area contributed by atoms with Gasteiger partial charge in [-0.15, -0.1) is 0 Å². The Morgan fingerprint density at radius 3 is 2.41 bits per heavy atom. The average molecular weight is 372 g/mol. The van der Waals surface area contributed by atoms with E-state index in [1.165, 1.54) is 49.0 Å². The summed E-state index contributed by atoms with van der Waals surface area (Å²) in [5, 5.41) is 7.23. The monoisotopic (exact) mass is 372 g/mol. The molecule has 7 rings (SSSR count). The summed E-state index contributed by atoms with van der Waals surface area (Å²) in [6.45, 7) is 0. The molecule has 0 radical (unpaired) electrons. The van der Waals surface area contributed by atoms with Gasteiger partial charge in [-0.1, -0.05) is 42.5 Å². The summed E-state index contributed by atoms with van der Waals surface area (Å²) in [6, 6.07) is 21.3. The molecule has 0 aliphatic rings. The minimum Gasteiger partial charge on any atom is -0.328 e. The molecule has 5 heterocycles. The van der Waals surface area contributed by atoms with Crippen molar-refractivity contribution in [2.45, 2.75) is 0 Å². The Morgan fingerprint density at radius 1 is 0.759 bits per heavy atom. The minimum atomic E-state index is 1.01. The Morgan fingerprint density at radius 2 is 1.52 bits per heavy atom. The van der Waals surface area contributed by atoms with Crippen LogP contribution in [0, 0.1) is 0 Å². The molecular weight excluding hydrogens is 356 g/mol. The van der Waals surface area contributed by atoms with Gasteiger partial charge in [0, 0.05) is 52.6 Å². The van der Waals surface area contributed by atoms with Gasteiger partial charge >= 0.3 is 0 Å². The molecule has 0 saturated heterocycles. The number of benzene rings is 2. The highest BCUT2D eigenvalue weighted by Crippen LogP contribution is 2.41. The second-order valence-corrected chi connectivity index (χ2v) is 7.64. The van der Waals surface area contributed by atoms with Crippen LogP contribution in [0.4, 0.5) is 0 Å². The van der Waals surface area contributed by atoms with Gasteiger partial charge in [-0.2, -0.15) is 0 Å². The van der Waals surface area contributed by atoms with Crippen molar-refractivity contribution in [3.63, 3.8) is 0 Å². The van der Waals surface area contributed by atoms with Crippen molar-refractivity contribution in [2.24, 2.45) is 7.05 Å². The molecule has 0 spiro atoms. The highest BCUT2D eigenvalue weighted by molar-refractivity contribution is 6.23. The van der Waals surface area contributed by atoms with Crippen molar-refractivity contribution in [3.8, 4) is 11.4 Å². The third-order valence-electron chi connectivity index (χ3n) is 6.20. The molecule has 0 bridgehead atoms. The van der Waals surface area contributed by atoms with Gasteiger partial charge in [0.05, 0.1) is 22.4 Å². The van der Waals surface area contributed by atoms with Crippen molar-refractivity contribution in [2.75, 3.05) is 0 Å². The lowest BCUT2D eigenvalue weighted by Gasteiger charge is -2.08. The zero-order valence-electron chi connectivity index (χ0n) is 15.8. The summed E-state index contributed by atoms with van der Waals surface area (Å²) in [7, 11) is 2.14. The Kier molecular flexibility index (Phi) is 2.66. The fourth-order valence-corrected chi connectivity index (χ4v) is 4.94. The number of fused-ring (bicyclic) bond motifs is 7. The number of rotatable bonds is 1. The lowest BCUT2D eigenvalue weighted by Crippen LogP contribution is -1.97. The fraction of sp³-hybridized carbons (Fsp3) is 0.0400. The third-order valence-corrected chi connectivity index (χ3v) is 6.20. The highest BCUT2D eigenvalue weighted by Gasteiger charge is 2.22. The molecule has 0 aliphatic carbocycles. The molecule has 29 heavy (non-hydrogen) atoms. The van der Waals surface area contributed by atoms with Gasteiger partial charge in [0.15, 0.2) is 0 Å². The zero-order chi connectivity index (χ0) is 19.1. The van der Waals surface area contributed by atoms with Crippen LogP contribution in [0.1, 0.15) is 0 Å². The maximum Gasteiger partial charge on any atom is 0.126 e. The normalized spacial score (nSPS) is 12.3. The number of hydrogen-bond acceptors (Lipinski definition) is 2. The average Bonchev–Trinajstić information content (AvgIpc) is 3.39. The first-order chi connectivity index (χ1) is 14.3. The van der Waals surface area contributed by atoms with Crippen molar-refractivity contribution in [1.82, 2.24) is 18.9 Å². The van der Waals surface area contributed by atoms with Gasteiger partial charge < -0.3 is 4.57 Å². The van der Waals surface area contributed by atoms with E-state index in [0.717, 1.165) is 11.4 Å². The SMILES string of the molecule is Cn1c(-c2nccc3ccccc23)cc2c3cncc4c5ccccc5n(c43)c21. The summed E-state index contributed by atoms with van der Waals surface area (Å²) >= 11 is 0. The van der Waals surface area contributed by atoms with E-state index in [4.69, 9.17) is 4.98 Å².